The first-order chi connectivity index (χ1) is 12.4. The highest BCUT2D eigenvalue weighted by atomic mass is 35.5. The Morgan fingerprint density at radius 2 is 1.96 bits per heavy atom. The van der Waals surface area contributed by atoms with Crippen molar-refractivity contribution in [3.05, 3.63) is 94.3 Å². The van der Waals surface area contributed by atoms with Crippen LogP contribution in [0, 0.1) is 10.1 Å². The van der Waals surface area contributed by atoms with Gasteiger partial charge in [0.05, 0.1) is 19.1 Å². The van der Waals surface area contributed by atoms with Gasteiger partial charge in [0.2, 0.25) is 0 Å². The second kappa shape index (κ2) is 7.47. The molecule has 26 heavy (non-hydrogen) atoms. The fourth-order valence-electron chi connectivity index (χ4n) is 2.26. The molecule has 0 aliphatic heterocycles. The zero-order valence-electron chi connectivity index (χ0n) is 13.1. The number of Topliss-reactive ketones (excluding diaryl/α,β-unsaturated/α-hetero) is 1. The van der Waals surface area contributed by atoms with Crippen LogP contribution in [-0.2, 0) is 0 Å². The predicted octanol–water partition coefficient (Wildman–Crippen LogP) is 2.49. The summed E-state index contributed by atoms with van der Waals surface area (Å²) in [7, 11) is 0. The molecule has 0 fully saturated rings. The van der Waals surface area contributed by atoms with Crippen molar-refractivity contribution in [2.45, 2.75) is 0 Å². The molecule has 1 heterocycles. The van der Waals surface area contributed by atoms with Crippen molar-refractivity contribution < 1.29 is 9.72 Å². The number of benzene rings is 2. The van der Waals surface area contributed by atoms with E-state index >= 15 is 0 Å². The Bertz CT molecular complexity index is 1180. The summed E-state index contributed by atoms with van der Waals surface area (Å²) < 4.78 is 0.709. The van der Waals surface area contributed by atoms with Crippen molar-refractivity contribution >= 4 is 46.6 Å². The number of carbonyl (C=O) groups is 1. The van der Waals surface area contributed by atoms with Crippen molar-refractivity contribution in [2.75, 3.05) is 0 Å². The quantitative estimate of drug-likeness (QED) is 0.423. The number of nitrogens with one attached hydrogen (secondary N) is 1. The second-order valence-electron chi connectivity index (χ2n) is 5.27. The maximum Gasteiger partial charge on any atom is 0.270 e. The van der Waals surface area contributed by atoms with Crippen LogP contribution in [-0.4, -0.2) is 15.7 Å². The Morgan fingerprint density at radius 3 is 2.69 bits per heavy atom. The monoisotopic (exact) mass is 386 g/mol. The zero-order valence-corrected chi connectivity index (χ0v) is 14.7. The van der Waals surface area contributed by atoms with Crippen molar-refractivity contribution in [1.82, 2.24) is 4.98 Å². The van der Waals surface area contributed by atoms with Gasteiger partial charge in [-0.15, -0.1) is 11.3 Å². The molecule has 2 aromatic carbocycles. The van der Waals surface area contributed by atoms with Crippen LogP contribution in [0.3, 0.4) is 0 Å². The number of nitro benzene ring substituents is 1. The number of thiazole rings is 1. The minimum atomic E-state index is -0.503. The number of nitrogens with zero attached hydrogens (tertiary/aromatic N) is 1. The van der Waals surface area contributed by atoms with Gasteiger partial charge in [-0.3, -0.25) is 19.7 Å². The summed E-state index contributed by atoms with van der Waals surface area (Å²) in [6.07, 6.45) is 2.84. The standard InChI is InChI=1S/C18H11ClN2O4S/c19-14-7-2-1-6-13(14)15(22)10-17-20-18(23)16(26-17)9-11-4-3-5-12(8-11)21(24)25/h1-10H,(H,20,23)/b16-9-,17-10-. The minimum Gasteiger partial charge on any atom is -0.313 e. The topological polar surface area (TPSA) is 93.1 Å². The molecule has 130 valence electrons. The first kappa shape index (κ1) is 17.8. The van der Waals surface area contributed by atoms with Gasteiger partial charge in [0.1, 0.15) is 0 Å². The fourth-order valence-corrected chi connectivity index (χ4v) is 3.38. The normalized spacial score (nSPS) is 12.3. The maximum atomic E-state index is 12.3. The largest absolute Gasteiger partial charge is 0.313 e. The molecule has 0 atom stereocenters. The smallest absolute Gasteiger partial charge is 0.270 e. The molecule has 0 saturated carbocycles. The van der Waals surface area contributed by atoms with E-state index in [1.165, 1.54) is 24.3 Å². The summed E-state index contributed by atoms with van der Waals surface area (Å²) in [5, 5.41) is 11.2. The third-order valence-corrected chi connectivity index (χ3v) is 4.75. The summed E-state index contributed by atoms with van der Waals surface area (Å²) in [6, 6.07) is 12.6. The number of non-ortho nitro benzene ring substituents is 1. The van der Waals surface area contributed by atoms with Gasteiger partial charge >= 0.3 is 0 Å². The lowest BCUT2D eigenvalue weighted by molar-refractivity contribution is -0.384. The molecule has 0 unspecified atom stereocenters. The van der Waals surface area contributed by atoms with Gasteiger partial charge in [0.25, 0.3) is 11.2 Å². The van der Waals surface area contributed by atoms with Crippen LogP contribution in [0.1, 0.15) is 15.9 Å². The van der Waals surface area contributed by atoms with E-state index in [1.54, 1.807) is 36.4 Å². The van der Waals surface area contributed by atoms with Crippen molar-refractivity contribution in [2.24, 2.45) is 0 Å². The van der Waals surface area contributed by atoms with E-state index in [1.807, 2.05) is 0 Å². The Balaban J connectivity index is 2.01. The summed E-state index contributed by atoms with van der Waals surface area (Å²) in [5.41, 5.74) is 0.426. The van der Waals surface area contributed by atoms with Crippen LogP contribution in [0.25, 0.3) is 12.2 Å². The lowest BCUT2D eigenvalue weighted by Crippen LogP contribution is -2.20. The van der Waals surface area contributed by atoms with Gasteiger partial charge in [-0.25, -0.2) is 0 Å². The molecule has 0 spiro atoms. The van der Waals surface area contributed by atoms with Crippen LogP contribution in [0.2, 0.25) is 5.02 Å². The molecule has 3 rings (SSSR count). The number of ketones is 1. The summed E-state index contributed by atoms with van der Waals surface area (Å²) in [4.78, 5) is 37.3. The molecule has 6 nitrogen and oxygen atoms in total. The Kier molecular flexibility index (Phi) is 5.11. The number of hydrogen-bond donors (Lipinski definition) is 1. The fraction of sp³-hybridized carbons (Fsp3) is 0. The predicted molar refractivity (Wildman–Crippen MR) is 101 cm³/mol. The molecule has 0 amide bonds. The summed E-state index contributed by atoms with van der Waals surface area (Å²) in [6.45, 7) is 0. The Hall–Kier alpha value is -3.03. The van der Waals surface area contributed by atoms with Crippen molar-refractivity contribution in [3.63, 3.8) is 0 Å². The third-order valence-electron chi connectivity index (χ3n) is 3.46. The molecule has 1 aromatic heterocycles. The third kappa shape index (κ3) is 3.96. The number of rotatable bonds is 4. The van der Waals surface area contributed by atoms with E-state index in [2.05, 4.69) is 4.98 Å². The number of nitro groups is 1. The second-order valence-corrected chi connectivity index (χ2v) is 6.76. The SMILES string of the molecule is O=C(/C=c1/[nH]c(=O)/c(=C/c2cccc([N+](=O)[O-])c2)s1)c1ccccc1Cl. The average Bonchev–Trinajstić information content (AvgIpc) is 2.94. The zero-order chi connectivity index (χ0) is 18.7. The van der Waals surface area contributed by atoms with E-state index in [4.69, 9.17) is 11.6 Å². The van der Waals surface area contributed by atoms with Gasteiger partial charge in [0, 0.05) is 23.8 Å². The molecule has 0 aliphatic carbocycles. The lowest BCUT2D eigenvalue weighted by atomic mass is 10.1. The van der Waals surface area contributed by atoms with E-state index in [0.717, 1.165) is 11.3 Å². The molecular weight excluding hydrogens is 376 g/mol. The van der Waals surface area contributed by atoms with E-state index in [-0.39, 0.29) is 17.0 Å². The number of halogens is 1. The Morgan fingerprint density at radius 1 is 1.19 bits per heavy atom. The molecule has 0 radical (unpaired) electrons. The molecule has 0 saturated heterocycles. The van der Waals surface area contributed by atoms with E-state index < -0.39 is 4.92 Å². The van der Waals surface area contributed by atoms with Crippen LogP contribution >= 0.6 is 22.9 Å². The van der Waals surface area contributed by atoms with Crippen LogP contribution in [0.4, 0.5) is 5.69 Å². The van der Waals surface area contributed by atoms with Crippen molar-refractivity contribution in [1.29, 1.82) is 0 Å². The van der Waals surface area contributed by atoms with Gasteiger partial charge in [-0.2, -0.15) is 0 Å². The number of hydrogen-bond acceptors (Lipinski definition) is 5. The average molecular weight is 387 g/mol. The summed E-state index contributed by atoms with van der Waals surface area (Å²) in [5.74, 6) is -0.324. The molecule has 0 aliphatic rings. The van der Waals surface area contributed by atoms with Crippen LogP contribution < -0.4 is 14.8 Å². The number of aromatic nitrogens is 1. The first-order valence-corrected chi connectivity index (χ1v) is 8.59. The summed E-state index contributed by atoms with van der Waals surface area (Å²) >= 11 is 7.08. The van der Waals surface area contributed by atoms with Gasteiger partial charge in [0.15, 0.2) is 5.78 Å². The Labute approximate surface area is 155 Å². The number of aromatic amines is 1. The van der Waals surface area contributed by atoms with Gasteiger partial charge in [-0.1, -0.05) is 35.9 Å². The minimum absolute atomic E-state index is 0.0626. The maximum absolute atomic E-state index is 12.3. The van der Waals surface area contributed by atoms with E-state index in [9.17, 15) is 19.7 Å². The molecule has 0 bridgehead atoms. The first-order valence-electron chi connectivity index (χ1n) is 7.40. The molecule has 3 aromatic rings. The highest BCUT2D eigenvalue weighted by molar-refractivity contribution is 7.07. The lowest BCUT2D eigenvalue weighted by Gasteiger charge is -1.97. The van der Waals surface area contributed by atoms with Crippen LogP contribution in [0.5, 0.6) is 0 Å². The number of carbonyl (C=O) groups excluding carboxylic acids is 1. The van der Waals surface area contributed by atoms with E-state index in [0.29, 0.717) is 25.3 Å². The molecule has 1 N–H and O–H groups in total. The van der Waals surface area contributed by atoms with Crippen LogP contribution in [0.15, 0.2) is 53.3 Å². The van der Waals surface area contributed by atoms with Gasteiger partial charge in [-0.05, 0) is 23.8 Å². The molecular formula is C18H11ClN2O4S. The van der Waals surface area contributed by atoms with Crippen molar-refractivity contribution in [3.8, 4) is 0 Å². The highest BCUT2D eigenvalue weighted by Gasteiger charge is 2.08. The van der Waals surface area contributed by atoms with Gasteiger partial charge < -0.3 is 4.98 Å². The highest BCUT2D eigenvalue weighted by Crippen LogP contribution is 2.16. The molecule has 8 heteroatoms. The number of H-pyrrole nitrogens is 1.